The van der Waals surface area contributed by atoms with Crippen molar-refractivity contribution >= 4 is 32.9 Å². The molecule has 0 saturated carbocycles. The summed E-state index contributed by atoms with van der Waals surface area (Å²) in [7, 11) is 0. The number of carbonyl (C=O) groups is 1. The Balaban J connectivity index is 1.83. The molecular weight excluding hydrogens is 488 g/mol. The van der Waals surface area contributed by atoms with Crippen molar-refractivity contribution in [2.45, 2.75) is 32.9 Å². The second-order valence-electron chi connectivity index (χ2n) is 8.87. The number of fused-ring (bicyclic) bond motifs is 1. The van der Waals surface area contributed by atoms with Gasteiger partial charge in [-0.25, -0.2) is 4.98 Å². The number of amides is 1. The lowest BCUT2D eigenvalue weighted by atomic mass is 9.99. The quantitative estimate of drug-likeness (QED) is 0.294. The highest BCUT2D eigenvalue weighted by atomic mass is 79.9. The largest absolute Gasteiger partial charge is 0.330 e. The highest BCUT2D eigenvalue weighted by Crippen LogP contribution is 2.33. The number of benzene rings is 3. The molecule has 0 aliphatic rings. The third-order valence-corrected chi connectivity index (χ3v) is 6.58. The van der Waals surface area contributed by atoms with Crippen LogP contribution in [0.2, 0.25) is 0 Å². The van der Waals surface area contributed by atoms with Gasteiger partial charge in [-0.15, -0.1) is 0 Å². The van der Waals surface area contributed by atoms with Crippen LogP contribution in [0.15, 0.2) is 83.3 Å². The van der Waals surface area contributed by atoms with Crippen LogP contribution in [0.1, 0.15) is 48.1 Å². The minimum Gasteiger partial charge on any atom is -0.330 e. The van der Waals surface area contributed by atoms with Crippen LogP contribution >= 0.6 is 15.9 Å². The standard InChI is InChI=1S/C28H31BrN4O/c1-20(2)26(32(18-8-17-30)28(34)22-13-15-23(29)16-14-22)27-31-24-11-6-7-12-25(24)33(27)19-21-9-4-3-5-10-21/h3-7,9-16,20,26H,8,17-19,30H2,1-2H3/t26-/m1/s1. The number of aromatic nitrogens is 2. The first-order valence-corrected chi connectivity index (χ1v) is 12.5. The lowest BCUT2D eigenvalue weighted by Crippen LogP contribution is -2.40. The fourth-order valence-electron chi connectivity index (χ4n) is 4.44. The Kier molecular flexibility index (Phi) is 7.80. The van der Waals surface area contributed by atoms with Crippen LogP contribution in [0.5, 0.6) is 0 Å². The summed E-state index contributed by atoms with van der Waals surface area (Å²) in [4.78, 5) is 20.8. The minimum absolute atomic E-state index is 0.00188. The second kappa shape index (κ2) is 11.0. The smallest absolute Gasteiger partial charge is 0.254 e. The number of imidazole rings is 1. The number of nitrogens with zero attached hydrogens (tertiary/aromatic N) is 3. The summed E-state index contributed by atoms with van der Waals surface area (Å²) in [6.45, 7) is 6.09. The molecule has 176 valence electrons. The van der Waals surface area contributed by atoms with Gasteiger partial charge in [0, 0.05) is 23.1 Å². The summed E-state index contributed by atoms with van der Waals surface area (Å²) in [6, 6.07) is 25.9. The van der Waals surface area contributed by atoms with E-state index in [0.717, 1.165) is 27.8 Å². The fourth-order valence-corrected chi connectivity index (χ4v) is 4.70. The molecule has 0 radical (unpaired) electrons. The molecule has 4 aromatic rings. The third kappa shape index (κ3) is 5.24. The monoisotopic (exact) mass is 518 g/mol. The van der Waals surface area contributed by atoms with E-state index in [9.17, 15) is 4.79 Å². The van der Waals surface area contributed by atoms with Gasteiger partial charge in [-0.3, -0.25) is 4.79 Å². The first-order chi connectivity index (χ1) is 16.5. The van der Waals surface area contributed by atoms with Crippen LogP contribution in [0.4, 0.5) is 0 Å². The van der Waals surface area contributed by atoms with E-state index in [2.05, 4.69) is 64.7 Å². The van der Waals surface area contributed by atoms with Crippen molar-refractivity contribution < 1.29 is 4.79 Å². The Morgan fingerprint density at radius 1 is 1.00 bits per heavy atom. The van der Waals surface area contributed by atoms with Crippen molar-refractivity contribution in [3.05, 3.63) is 100 Å². The molecule has 6 heteroatoms. The molecule has 0 unspecified atom stereocenters. The van der Waals surface area contributed by atoms with Gasteiger partial charge in [0.15, 0.2) is 0 Å². The fraction of sp³-hybridized carbons (Fsp3) is 0.286. The molecule has 1 heterocycles. The van der Waals surface area contributed by atoms with Crippen LogP contribution in [0, 0.1) is 5.92 Å². The van der Waals surface area contributed by atoms with Gasteiger partial charge >= 0.3 is 0 Å². The maximum Gasteiger partial charge on any atom is 0.254 e. The molecule has 0 aliphatic heterocycles. The normalized spacial score (nSPS) is 12.3. The molecule has 0 spiro atoms. The van der Waals surface area contributed by atoms with Crippen LogP contribution < -0.4 is 5.73 Å². The van der Waals surface area contributed by atoms with Crippen LogP contribution in [-0.2, 0) is 6.54 Å². The number of hydrogen-bond acceptors (Lipinski definition) is 3. The molecule has 0 aliphatic carbocycles. The van der Waals surface area contributed by atoms with E-state index in [1.807, 2.05) is 53.4 Å². The Labute approximate surface area is 209 Å². The maximum absolute atomic E-state index is 13.8. The number of rotatable bonds is 9. The molecule has 3 aromatic carbocycles. The molecule has 0 fully saturated rings. The van der Waals surface area contributed by atoms with Gasteiger partial charge < -0.3 is 15.2 Å². The zero-order valence-corrected chi connectivity index (χ0v) is 21.3. The summed E-state index contributed by atoms with van der Waals surface area (Å²) in [6.07, 6.45) is 0.727. The van der Waals surface area contributed by atoms with Gasteiger partial charge in [0.1, 0.15) is 5.82 Å². The minimum atomic E-state index is -0.196. The molecule has 5 nitrogen and oxygen atoms in total. The van der Waals surface area contributed by atoms with E-state index in [4.69, 9.17) is 10.7 Å². The van der Waals surface area contributed by atoms with E-state index in [0.29, 0.717) is 25.2 Å². The highest BCUT2D eigenvalue weighted by Gasteiger charge is 2.32. The first-order valence-electron chi connectivity index (χ1n) is 11.7. The molecule has 34 heavy (non-hydrogen) atoms. The highest BCUT2D eigenvalue weighted by molar-refractivity contribution is 9.10. The van der Waals surface area contributed by atoms with Crippen molar-refractivity contribution in [3.63, 3.8) is 0 Å². The zero-order chi connectivity index (χ0) is 24.1. The Morgan fingerprint density at radius 3 is 2.35 bits per heavy atom. The molecule has 2 N–H and O–H groups in total. The number of hydrogen-bond donors (Lipinski definition) is 1. The van der Waals surface area contributed by atoms with Gasteiger partial charge in [0.05, 0.1) is 17.1 Å². The van der Waals surface area contributed by atoms with E-state index in [1.165, 1.54) is 5.56 Å². The van der Waals surface area contributed by atoms with E-state index in [1.54, 1.807) is 0 Å². The molecular formula is C28H31BrN4O. The summed E-state index contributed by atoms with van der Waals surface area (Å²) in [5.74, 6) is 1.06. The van der Waals surface area contributed by atoms with Crippen LogP contribution in [0.3, 0.4) is 0 Å². The zero-order valence-electron chi connectivity index (χ0n) is 19.7. The predicted octanol–water partition coefficient (Wildman–Crippen LogP) is 6.04. The predicted molar refractivity (Wildman–Crippen MR) is 142 cm³/mol. The van der Waals surface area contributed by atoms with Gasteiger partial charge in [-0.1, -0.05) is 72.2 Å². The summed E-state index contributed by atoms with van der Waals surface area (Å²) in [5.41, 5.74) is 9.75. The van der Waals surface area contributed by atoms with Gasteiger partial charge in [0.25, 0.3) is 5.91 Å². The van der Waals surface area contributed by atoms with Crippen molar-refractivity contribution in [1.29, 1.82) is 0 Å². The van der Waals surface area contributed by atoms with E-state index in [-0.39, 0.29) is 17.9 Å². The van der Waals surface area contributed by atoms with Crippen molar-refractivity contribution in [2.75, 3.05) is 13.1 Å². The first kappa shape index (κ1) is 24.2. The van der Waals surface area contributed by atoms with Crippen molar-refractivity contribution in [3.8, 4) is 0 Å². The number of halogens is 1. The molecule has 4 rings (SSSR count). The van der Waals surface area contributed by atoms with Gasteiger partial charge in [-0.2, -0.15) is 0 Å². The lowest BCUT2D eigenvalue weighted by molar-refractivity contribution is 0.0605. The van der Waals surface area contributed by atoms with Gasteiger partial charge in [-0.05, 0) is 60.8 Å². The Hall–Kier alpha value is -2.96. The SMILES string of the molecule is CC(C)[C@H](c1nc2ccccc2n1Cc1ccccc1)N(CCCN)C(=O)c1ccc(Br)cc1. The maximum atomic E-state index is 13.8. The summed E-state index contributed by atoms with van der Waals surface area (Å²) >= 11 is 3.47. The third-order valence-electron chi connectivity index (χ3n) is 6.05. The second-order valence-corrected chi connectivity index (χ2v) is 9.78. The average Bonchev–Trinajstić information content (AvgIpc) is 3.19. The summed E-state index contributed by atoms with van der Waals surface area (Å²) < 4.78 is 3.21. The van der Waals surface area contributed by atoms with E-state index < -0.39 is 0 Å². The molecule has 0 bridgehead atoms. The Morgan fingerprint density at radius 2 is 1.68 bits per heavy atom. The summed E-state index contributed by atoms with van der Waals surface area (Å²) in [5, 5.41) is 0. The van der Waals surface area contributed by atoms with Crippen LogP contribution in [0.25, 0.3) is 11.0 Å². The number of nitrogens with two attached hydrogens (primary N) is 1. The average molecular weight is 519 g/mol. The number of carbonyl (C=O) groups excluding carboxylic acids is 1. The van der Waals surface area contributed by atoms with Crippen molar-refractivity contribution in [1.82, 2.24) is 14.5 Å². The van der Waals surface area contributed by atoms with E-state index >= 15 is 0 Å². The van der Waals surface area contributed by atoms with Gasteiger partial charge in [0.2, 0.25) is 0 Å². The lowest BCUT2D eigenvalue weighted by Gasteiger charge is -2.34. The molecule has 0 saturated heterocycles. The molecule has 1 atom stereocenters. The topological polar surface area (TPSA) is 64.2 Å². The van der Waals surface area contributed by atoms with Crippen molar-refractivity contribution in [2.24, 2.45) is 11.7 Å². The Bertz CT molecular complexity index is 1230. The molecule has 1 aromatic heterocycles. The van der Waals surface area contributed by atoms with Crippen LogP contribution in [-0.4, -0.2) is 33.4 Å². The molecule has 1 amide bonds. The number of para-hydroxylation sites is 2.